The van der Waals surface area contributed by atoms with E-state index in [1.54, 1.807) is 0 Å². The predicted octanol–water partition coefficient (Wildman–Crippen LogP) is 3.33. The summed E-state index contributed by atoms with van der Waals surface area (Å²) in [5.41, 5.74) is 0.778. The fraction of sp³-hybridized carbons (Fsp3) is 0.588. The molecule has 0 aliphatic heterocycles. The molecule has 20 heavy (non-hydrogen) atoms. The summed E-state index contributed by atoms with van der Waals surface area (Å²) in [7, 11) is 0. The van der Waals surface area contributed by atoms with Gasteiger partial charge in [-0.1, -0.05) is 30.3 Å². The van der Waals surface area contributed by atoms with Gasteiger partial charge in [-0.3, -0.25) is 4.79 Å². The molecule has 0 heterocycles. The second kappa shape index (κ2) is 6.89. The Labute approximate surface area is 122 Å². The van der Waals surface area contributed by atoms with Crippen LogP contribution in [0.3, 0.4) is 0 Å². The standard InChI is InChI=1S/C17H27NO2/c1-16(2,3)20-13-15(19)18-17(4,5)12-11-14-9-7-6-8-10-14/h6-10H,11-13H2,1-5H3,(H,18,19). The van der Waals surface area contributed by atoms with Crippen LogP contribution in [0.15, 0.2) is 30.3 Å². The summed E-state index contributed by atoms with van der Waals surface area (Å²) in [6.07, 6.45) is 1.85. The van der Waals surface area contributed by atoms with E-state index in [0.717, 1.165) is 12.8 Å². The van der Waals surface area contributed by atoms with Crippen molar-refractivity contribution < 1.29 is 9.53 Å². The Kier molecular flexibility index (Phi) is 5.75. The highest BCUT2D eigenvalue weighted by atomic mass is 16.5. The number of rotatable bonds is 6. The first-order valence-electron chi connectivity index (χ1n) is 7.17. The molecule has 3 nitrogen and oxygen atoms in total. The quantitative estimate of drug-likeness (QED) is 0.866. The molecule has 112 valence electrons. The molecule has 1 aromatic carbocycles. The van der Waals surface area contributed by atoms with E-state index in [1.165, 1.54) is 5.56 Å². The minimum absolute atomic E-state index is 0.0574. The number of carbonyl (C=O) groups is 1. The van der Waals surface area contributed by atoms with Gasteiger partial charge in [0.25, 0.3) is 0 Å². The Morgan fingerprint density at radius 1 is 1.10 bits per heavy atom. The van der Waals surface area contributed by atoms with Crippen molar-refractivity contribution in [3.05, 3.63) is 35.9 Å². The highest BCUT2D eigenvalue weighted by molar-refractivity contribution is 5.78. The Bertz CT molecular complexity index is 418. The number of carbonyl (C=O) groups excluding carboxylic acids is 1. The first-order valence-corrected chi connectivity index (χ1v) is 7.17. The number of benzene rings is 1. The molecule has 0 aromatic heterocycles. The van der Waals surface area contributed by atoms with E-state index in [9.17, 15) is 4.79 Å². The van der Waals surface area contributed by atoms with Gasteiger partial charge in [0.15, 0.2) is 0 Å². The fourth-order valence-corrected chi connectivity index (χ4v) is 1.86. The molecular formula is C17H27NO2. The molecule has 0 bridgehead atoms. The van der Waals surface area contributed by atoms with E-state index in [0.29, 0.717) is 0 Å². The maximum atomic E-state index is 11.9. The lowest BCUT2D eigenvalue weighted by Crippen LogP contribution is -2.46. The van der Waals surface area contributed by atoms with Gasteiger partial charge in [-0.05, 0) is 53.0 Å². The predicted molar refractivity (Wildman–Crippen MR) is 82.7 cm³/mol. The number of nitrogens with one attached hydrogen (secondary N) is 1. The maximum absolute atomic E-state index is 11.9. The molecule has 0 radical (unpaired) electrons. The summed E-state index contributed by atoms with van der Waals surface area (Å²) in [6, 6.07) is 10.3. The van der Waals surface area contributed by atoms with Gasteiger partial charge in [-0.15, -0.1) is 0 Å². The normalized spacial score (nSPS) is 12.2. The Hall–Kier alpha value is -1.35. The summed E-state index contributed by atoms with van der Waals surface area (Å²) in [6.45, 7) is 10.0. The molecule has 0 atom stereocenters. The van der Waals surface area contributed by atoms with Crippen LogP contribution < -0.4 is 5.32 Å². The highest BCUT2D eigenvalue weighted by Crippen LogP contribution is 2.14. The van der Waals surface area contributed by atoms with Gasteiger partial charge in [0, 0.05) is 5.54 Å². The molecule has 0 aliphatic rings. The van der Waals surface area contributed by atoms with Gasteiger partial charge in [0.05, 0.1) is 5.60 Å². The van der Waals surface area contributed by atoms with Gasteiger partial charge in [-0.2, -0.15) is 0 Å². The summed E-state index contributed by atoms with van der Waals surface area (Å²) < 4.78 is 5.49. The van der Waals surface area contributed by atoms with Crippen LogP contribution >= 0.6 is 0 Å². The number of hydrogen-bond acceptors (Lipinski definition) is 2. The zero-order valence-corrected chi connectivity index (χ0v) is 13.3. The van der Waals surface area contributed by atoms with Crippen LogP contribution in [0.4, 0.5) is 0 Å². The third-order valence-electron chi connectivity index (χ3n) is 3.00. The second-order valence-corrected chi connectivity index (χ2v) is 6.82. The average molecular weight is 277 g/mol. The first kappa shape index (κ1) is 16.7. The minimum atomic E-state index is -0.286. The van der Waals surface area contributed by atoms with E-state index >= 15 is 0 Å². The summed E-state index contributed by atoms with van der Waals surface area (Å²) in [5.74, 6) is -0.0574. The molecule has 1 rings (SSSR count). The van der Waals surface area contributed by atoms with E-state index in [2.05, 4.69) is 17.4 Å². The van der Waals surface area contributed by atoms with Crippen molar-refractivity contribution in [3.63, 3.8) is 0 Å². The van der Waals surface area contributed by atoms with E-state index in [4.69, 9.17) is 4.74 Å². The van der Waals surface area contributed by atoms with Crippen LogP contribution in [0, 0.1) is 0 Å². The minimum Gasteiger partial charge on any atom is -0.366 e. The van der Waals surface area contributed by atoms with Gasteiger partial charge in [0.1, 0.15) is 6.61 Å². The van der Waals surface area contributed by atoms with E-state index < -0.39 is 0 Å². The highest BCUT2D eigenvalue weighted by Gasteiger charge is 2.21. The van der Waals surface area contributed by atoms with Gasteiger partial charge in [0.2, 0.25) is 5.91 Å². The Balaban J connectivity index is 2.39. The molecule has 0 unspecified atom stereocenters. The molecule has 0 saturated heterocycles. The first-order chi connectivity index (χ1) is 9.18. The third kappa shape index (κ3) is 7.29. The molecule has 1 N–H and O–H groups in total. The molecular weight excluding hydrogens is 250 g/mol. The SMILES string of the molecule is CC(C)(CCc1ccccc1)NC(=O)COC(C)(C)C. The van der Waals surface area contributed by atoms with Crippen LogP contribution in [0.5, 0.6) is 0 Å². The molecule has 1 aromatic rings. The molecule has 0 saturated carbocycles. The van der Waals surface area contributed by atoms with Crippen molar-refractivity contribution in [3.8, 4) is 0 Å². The molecule has 0 aliphatic carbocycles. The lowest BCUT2D eigenvalue weighted by Gasteiger charge is -2.27. The van der Waals surface area contributed by atoms with Crippen molar-refractivity contribution in [1.82, 2.24) is 5.32 Å². The van der Waals surface area contributed by atoms with Crippen LogP contribution in [-0.2, 0) is 16.0 Å². The third-order valence-corrected chi connectivity index (χ3v) is 3.00. The number of amides is 1. The monoisotopic (exact) mass is 277 g/mol. The van der Waals surface area contributed by atoms with Crippen molar-refractivity contribution >= 4 is 5.91 Å². The van der Waals surface area contributed by atoms with Crippen molar-refractivity contribution in [2.75, 3.05) is 6.61 Å². The van der Waals surface area contributed by atoms with Crippen molar-refractivity contribution in [2.45, 2.75) is 58.6 Å². The van der Waals surface area contributed by atoms with E-state index in [1.807, 2.05) is 52.8 Å². The fourth-order valence-electron chi connectivity index (χ4n) is 1.86. The van der Waals surface area contributed by atoms with Crippen molar-refractivity contribution in [2.24, 2.45) is 0 Å². The summed E-state index contributed by atoms with van der Waals surface area (Å²) in [5, 5.41) is 3.04. The zero-order valence-electron chi connectivity index (χ0n) is 13.3. The maximum Gasteiger partial charge on any atom is 0.246 e. The molecule has 1 amide bonds. The van der Waals surface area contributed by atoms with E-state index in [-0.39, 0.29) is 23.7 Å². The second-order valence-electron chi connectivity index (χ2n) is 6.82. The van der Waals surface area contributed by atoms with Crippen molar-refractivity contribution in [1.29, 1.82) is 0 Å². The summed E-state index contributed by atoms with van der Waals surface area (Å²) in [4.78, 5) is 11.9. The Morgan fingerprint density at radius 2 is 1.70 bits per heavy atom. The average Bonchev–Trinajstić information content (AvgIpc) is 2.34. The van der Waals surface area contributed by atoms with Gasteiger partial charge >= 0.3 is 0 Å². The van der Waals surface area contributed by atoms with Crippen LogP contribution in [0.2, 0.25) is 0 Å². The van der Waals surface area contributed by atoms with Gasteiger partial charge in [-0.25, -0.2) is 0 Å². The molecule has 0 spiro atoms. The number of hydrogen-bond donors (Lipinski definition) is 1. The lowest BCUT2D eigenvalue weighted by molar-refractivity contribution is -0.132. The topological polar surface area (TPSA) is 38.3 Å². The smallest absolute Gasteiger partial charge is 0.246 e. The van der Waals surface area contributed by atoms with Gasteiger partial charge < -0.3 is 10.1 Å². The number of aryl methyl sites for hydroxylation is 1. The largest absolute Gasteiger partial charge is 0.366 e. The number of ether oxygens (including phenoxy) is 1. The summed E-state index contributed by atoms with van der Waals surface area (Å²) >= 11 is 0. The molecule has 3 heteroatoms. The zero-order chi connectivity index (χ0) is 15.2. The van der Waals surface area contributed by atoms with Crippen LogP contribution in [0.25, 0.3) is 0 Å². The lowest BCUT2D eigenvalue weighted by atomic mass is 9.95. The molecule has 0 fully saturated rings. The Morgan fingerprint density at radius 3 is 2.25 bits per heavy atom. The van der Waals surface area contributed by atoms with Crippen LogP contribution in [-0.4, -0.2) is 23.7 Å². The van der Waals surface area contributed by atoms with Crippen LogP contribution in [0.1, 0.15) is 46.6 Å².